The van der Waals surface area contributed by atoms with E-state index in [2.05, 4.69) is 106 Å². The fourth-order valence-electron chi connectivity index (χ4n) is 5.32. The molecule has 8 heteroatoms. The SMILES string of the molecule is CN1CCc2c(Cl)csc2C(c2ccccc2)C1.CN1CCc2c(sc(Br)c2Cl)C(c2ccccc2)C1.Cl. The number of hydrogen-bond acceptors (Lipinski definition) is 4. The molecule has 38 heavy (non-hydrogen) atoms. The van der Waals surface area contributed by atoms with E-state index in [4.69, 9.17) is 23.2 Å². The summed E-state index contributed by atoms with van der Waals surface area (Å²) in [4.78, 5) is 7.68. The van der Waals surface area contributed by atoms with Crippen LogP contribution in [0.1, 0.15) is 43.8 Å². The van der Waals surface area contributed by atoms with Crippen LogP contribution in [0.25, 0.3) is 0 Å². The molecule has 4 heterocycles. The standard InChI is InChI=1S/C15H15BrClNS.C15H16ClNS.ClH/c1-18-8-7-11-13(17)15(16)19-14(11)12(9-18)10-5-3-2-4-6-10;1-17-8-7-12-14(16)10-18-15(12)13(9-17)11-5-3-2-4-6-11;/h2-6,12H,7-9H2,1H3;2-6,10,13H,7-9H2,1H3;1H. The van der Waals surface area contributed by atoms with Gasteiger partial charge in [0.2, 0.25) is 0 Å². The zero-order valence-electron chi connectivity index (χ0n) is 21.5. The van der Waals surface area contributed by atoms with E-state index in [9.17, 15) is 0 Å². The molecule has 6 rings (SSSR count). The third kappa shape index (κ3) is 6.70. The molecule has 2 aromatic carbocycles. The fraction of sp³-hybridized carbons (Fsp3) is 0.333. The number of nitrogens with zero attached hydrogens (tertiary/aromatic N) is 2. The van der Waals surface area contributed by atoms with Crippen LogP contribution in [-0.2, 0) is 12.8 Å². The second-order valence-electron chi connectivity index (χ2n) is 9.91. The second kappa shape index (κ2) is 13.6. The lowest BCUT2D eigenvalue weighted by atomic mass is 9.95. The van der Waals surface area contributed by atoms with Crippen LogP contribution in [0.3, 0.4) is 0 Å². The van der Waals surface area contributed by atoms with Crippen molar-refractivity contribution in [2.45, 2.75) is 24.7 Å². The molecule has 2 aromatic heterocycles. The maximum Gasteiger partial charge on any atom is 0.0890 e. The summed E-state index contributed by atoms with van der Waals surface area (Å²) in [7, 11) is 4.38. The third-order valence-corrected chi connectivity index (χ3v) is 11.7. The Labute approximate surface area is 259 Å². The lowest BCUT2D eigenvalue weighted by molar-refractivity contribution is 0.338. The van der Waals surface area contributed by atoms with Gasteiger partial charge in [0, 0.05) is 53.1 Å². The molecule has 2 atom stereocenters. The number of rotatable bonds is 2. The van der Waals surface area contributed by atoms with Crippen LogP contribution in [0.2, 0.25) is 10.0 Å². The normalized spacial score (nSPS) is 19.7. The molecule has 0 aliphatic carbocycles. The van der Waals surface area contributed by atoms with Gasteiger partial charge < -0.3 is 9.80 Å². The van der Waals surface area contributed by atoms with Crippen LogP contribution in [0.4, 0.5) is 0 Å². The molecule has 2 nitrogen and oxygen atoms in total. The first kappa shape index (κ1) is 30.1. The van der Waals surface area contributed by atoms with Crippen molar-refractivity contribution in [3.63, 3.8) is 0 Å². The van der Waals surface area contributed by atoms with Crippen LogP contribution in [0, 0.1) is 0 Å². The Kier molecular flexibility index (Phi) is 10.8. The van der Waals surface area contributed by atoms with Crippen LogP contribution in [0.15, 0.2) is 69.8 Å². The number of fused-ring (bicyclic) bond motifs is 2. The lowest BCUT2D eigenvalue weighted by Crippen LogP contribution is -2.24. The molecule has 2 aliphatic heterocycles. The van der Waals surface area contributed by atoms with E-state index in [0.29, 0.717) is 11.8 Å². The minimum atomic E-state index is 0. The van der Waals surface area contributed by atoms with Gasteiger partial charge in [-0.3, -0.25) is 0 Å². The predicted octanol–water partition coefficient (Wildman–Crippen LogP) is 9.23. The Morgan fingerprint density at radius 3 is 1.82 bits per heavy atom. The Morgan fingerprint density at radius 1 is 0.763 bits per heavy atom. The first-order valence-electron chi connectivity index (χ1n) is 12.6. The summed E-state index contributed by atoms with van der Waals surface area (Å²) < 4.78 is 1.07. The Morgan fingerprint density at radius 2 is 1.26 bits per heavy atom. The number of benzene rings is 2. The van der Waals surface area contributed by atoms with Crippen molar-refractivity contribution >= 4 is 74.2 Å². The molecular weight excluding hydrogens is 639 g/mol. The number of likely N-dealkylation sites (N-methyl/N-ethyl adjacent to an activating group) is 2. The smallest absolute Gasteiger partial charge is 0.0890 e. The highest BCUT2D eigenvalue weighted by atomic mass is 79.9. The van der Waals surface area contributed by atoms with Crippen molar-refractivity contribution in [1.29, 1.82) is 0 Å². The molecule has 0 amide bonds. The van der Waals surface area contributed by atoms with Crippen molar-refractivity contribution in [3.8, 4) is 0 Å². The molecule has 0 fully saturated rings. The molecule has 0 radical (unpaired) electrons. The largest absolute Gasteiger partial charge is 0.305 e. The molecule has 202 valence electrons. The van der Waals surface area contributed by atoms with Gasteiger partial charge in [-0.2, -0.15) is 0 Å². The first-order chi connectivity index (χ1) is 17.9. The molecule has 2 unspecified atom stereocenters. The van der Waals surface area contributed by atoms with Crippen LogP contribution >= 0.6 is 74.2 Å². The molecule has 2 aliphatic rings. The lowest BCUT2D eigenvalue weighted by Gasteiger charge is -2.20. The van der Waals surface area contributed by atoms with Crippen molar-refractivity contribution in [2.24, 2.45) is 0 Å². The summed E-state index contributed by atoms with van der Waals surface area (Å²) in [6, 6.07) is 21.5. The van der Waals surface area contributed by atoms with Gasteiger partial charge in [-0.05, 0) is 65.1 Å². The van der Waals surface area contributed by atoms with Crippen molar-refractivity contribution in [1.82, 2.24) is 9.80 Å². The minimum absolute atomic E-state index is 0. The average Bonchev–Trinajstić information content (AvgIpc) is 3.28. The Bertz CT molecular complexity index is 1330. The van der Waals surface area contributed by atoms with E-state index in [0.717, 1.165) is 52.9 Å². The summed E-state index contributed by atoms with van der Waals surface area (Å²) in [5.41, 5.74) is 5.46. The molecular formula is C30H32BrCl3N2S2. The van der Waals surface area contributed by atoms with Gasteiger partial charge in [-0.25, -0.2) is 0 Å². The molecule has 0 spiro atoms. The average molecular weight is 671 g/mol. The predicted molar refractivity (Wildman–Crippen MR) is 173 cm³/mol. The molecule has 0 N–H and O–H groups in total. The summed E-state index contributed by atoms with van der Waals surface area (Å²) in [6.07, 6.45) is 2.10. The van der Waals surface area contributed by atoms with Gasteiger partial charge in [0.15, 0.2) is 0 Å². The van der Waals surface area contributed by atoms with E-state index in [1.165, 1.54) is 32.0 Å². The fourth-order valence-corrected chi connectivity index (χ4v) is 9.02. The second-order valence-corrected chi connectivity index (χ2v) is 14.0. The van der Waals surface area contributed by atoms with Crippen molar-refractivity contribution < 1.29 is 0 Å². The highest BCUT2D eigenvalue weighted by Crippen LogP contribution is 2.44. The Balaban J connectivity index is 0.000000173. The van der Waals surface area contributed by atoms with Crippen molar-refractivity contribution in [2.75, 3.05) is 40.3 Å². The summed E-state index contributed by atoms with van der Waals surface area (Å²) >= 11 is 20.0. The summed E-state index contributed by atoms with van der Waals surface area (Å²) in [5, 5.41) is 3.95. The van der Waals surface area contributed by atoms with Crippen molar-refractivity contribution in [3.05, 3.63) is 112 Å². The van der Waals surface area contributed by atoms with Crippen LogP contribution < -0.4 is 0 Å². The maximum absolute atomic E-state index is 6.44. The zero-order valence-corrected chi connectivity index (χ0v) is 27.0. The van der Waals surface area contributed by atoms with Crippen LogP contribution in [0.5, 0.6) is 0 Å². The van der Waals surface area contributed by atoms with Gasteiger partial charge in [-0.1, -0.05) is 83.9 Å². The van der Waals surface area contributed by atoms with Crippen LogP contribution in [-0.4, -0.2) is 50.1 Å². The zero-order chi connectivity index (χ0) is 25.9. The van der Waals surface area contributed by atoms with E-state index < -0.39 is 0 Å². The third-order valence-electron chi connectivity index (χ3n) is 7.32. The highest BCUT2D eigenvalue weighted by Gasteiger charge is 2.28. The minimum Gasteiger partial charge on any atom is -0.305 e. The summed E-state index contributed by atoms with van der Waals surface area (Å²) in [6.45, 7) is 4.29. The van der Waals surface area contributed by atoms with Gasteiger partial charge in [-0.15, -0.1) is 35.1 Å². The number of hydrogen-bond donors (Lipinski definition) is 0. The topological polar surface area (TPSA) is 6.48 Å². The van der Waals surface area contributed by atoms with E-state index >= 15 is 0 Å². The first-order valence-corrected chi connectivity index (χ1v) is 15.9. The van der Waals surface area contributed by atoms with Gasteiger partial charge in [0.05, 0.1) is 13.8 Å². The number of halogens is 4. The molecule has 0 saturated carbocycles. The van der Waals surface area contributed by atoms with Gasteiger partial charge >= 0.3 is 0 Å². The van der Waals surface area contributed by atoms with E-state index in [1.54, 1.807) is 11.3 Å². The Hall–Kier alpha value is -0.890. The van der Waals surface area contributed by atoms with Gasteiger partial charge in [0.1, 0.15) is 0 Å². The maximum atomic E-state index is 6.44. The van der Waals surface area contributed by atoms with E-state index in [1.807, 2.05) is 11.3 Å². The highest BCUT2D eigenvalue weighted by molar-refractivity contribution is 9.11. The molecule has 0 bridgehead atoms. The molecule has 0 saturated heterocycles. The van der Waals surface area contributed by atoms with Gasteiger partial charge in [0.25, 0.3) is 0 Å². The summed E-state index contributed by atoms with van der Waals surface area (Å²) in [5.74, 6) is 0.892. The quantitative estimate of drug-likeness (QED) is 0.210. The molecule has 4 aromatic rings. The monoisotopic (exact) mass is 668 g/mol. The number of thiophene rings is 2. The van der Waals surface area contributed by atoms with E-state index in [-0.39, 0.29) is 12.4 Å².